The molecule has 1 fully saturated rings. The van der Waals surface area contributed by atoms with E-state index in [9.17, 15) is 8.42 Å². The van der Waals surface area contributed by atoms with E-state index in [1.165, 1.54) is 0 Å². The molecule has 0 saturated heterocycles. The van der Waals surface area contributed by atoms with Crippen LogP contribution in [0, 0.1) is 0 Å². The van der Waals surface area contributed by atoms with Crippen LogP contribution < -0.4 is 29.6 Å². The Morgan fingerprint density at radius 1 is 1.17 bits per heavy atom. The Balaban J connectivity index is 0.00000121. The van der Waals surface area contributed by atoms with Crippen molar-refractivity contribution in [2.24, 2.45) is 0 Å². The van der Waals surface area contributed by atoms with Gasteiger partial charge in [0.2, 0.25) is 0 Å². The molecule has 1 aliphatic rings. The topological polar surface area (TPSA) is 74.6 Å². The Morgan fingerprint density at radius 3 is 2.00 bits per heavy atom. The third-order valence-corrected chi connectivity index (χ3v) is 3.37. The predicted molar refractivity (Wildman–Crippen MR) is 39.8 cm³/mol. The summed E-state index contributed by atoms with van der Waals surface area (Å²) in [6.45, 7) is 0. The number of rotatable bonds is 1. The molecule has 1 rings (SSSR count). The van der Waals surface area contributed by atoms with Gasteiger partial charge in [0.1, 0.15) is 5.25 Å². The van der Waals surface area contributed by atoms with Crippen LogP contribution in [0.25, 0.3) is 0 Å². The van der Waals surface area contributed by atoms with Gasteiger partial charge in [-0.3, -0.25) is 4.55 Å². The normalized spacial score (nSPS) is 30.8. The van der Waals surface area contributed by atoms with Crippen LogP contribution in [0.1, 0.15) is 25.7 Å². The van der Waals surface area contributed by atoms with Gasteiger partial charge in [0.25, 0.3) is 10.1 Å². The third kappa shape index (κ3) is 3.32. The van der Waals surface area contributed by atoms with Gasteiger partial charge >= 0.3 is 29.6 Å². The van der Waals surface area contributed by atoms with Crippen LogP contribution in [0.3, 0.4) is 0 Å². The Bertz CT molecular complexity index is 226. The smallest absolute Gasteiger partial charge is 0.392 e. The maximum absolute atomic E-state index is 10.6. The molecular formula is C6H12NaO4S+. The zero-order valence-corrected chi connectivity index (χ0v) is 9.92. The van der Waals surface area contributed by atoms with E-state index in [0.29, 0.717) is 12.8 Å². The van der Waals surface area contributed by atoms with Crippen molar-refractivity contribution < 1.29 is 47.6 Å². The summed E-state index contributed by atoms with van der Waals surface area (Å²) < 4.78 is 29.8. The fourth-order valence-electron chi connectivity index (χ4n) is 1.42. The Labute approximate surface area is 94.4 Å². The van der Waals surface area contributed by atoms with Crippen molar-refractivity contribution in [3.63, 3.8) is 0 Å². The Morgan fingerprint density at radius 2 is 1.67 bits per heavy atom. The molecule has 1 saturated carbocycles. The van der Waals surface area contributed by atoms with E-state index in [2.05, 4.69) is 0 Å². The zero-order valence-electron chi connectivity index (χ0n) is 7.10. The molecular weight excluding hydrogens is 191 g/mol. The molecule has 0 bridgehead atoms. The molecule has 0 amide bonds. The van der Waals surface area contributed by atoms with E-state index < -0.39 is 21.5 Å². The fraction of sp³-hybridized carbons (Fsp3) is 1.00. The van der Waals surface area contributed by atoms with Gasteiger partial charge in [0, 0.05) is 0 Å². The van der Waals surface area contributed by atoms with Crippen molar-refractivity contribution in [1.82, 2.24) is 0 Å². The molecule has 0 aromatic heterocycles. The summed E-state index contributed by atoms with van der Waals surface area (Å²) in [5, 5.41) is 8.22. The molecule has 0 aromatic carbocycles. The van der Waals surface area contributed by atoms with Gasteiger partial charge < -0.3 is 5.11 Å². The molecule has 2 unspecified atom stereocenters. The van der Waals surface area contributed by atoms with E-state index in [-0.39, 0.29) is 29.6 Å². The molecule has 0 radical (unpaired) electrons. The van der Waals surface area contributed by atoms with E-state index in [4.69, 9.17) is 9.66 Å². The second-order valence-corrected chi connectivity index (χ2v) is 4.54. The second kappa shape index (κ2) is 4.93. The molecule has 1 aliphatic carbocycles. The molecule has 6 heteroatoms. The molecule has 0 aliphatic heterocycles. The van der Waals surface area contributed by atoms with Crippen LogP contribution in [-0.2, 0) is 10.1 Å². The monoisotopic (exact) mass is 203 g/mol. The van der Waals surface area contributed by atoms with Gasteiger partial charge in [-0.1, -0.05) is 12.8 Å². The average molecular weight is 203 g/mol. The molecule has 2 atom stereocenters. The first-order valence-electron chi connectivity index (χ1n) is 3.66. The standard InChI is InChI=1S/C6H12O4S.Na/c7-5-3-1-2-4-6(5)11(8,9)10;/h5-7H,1-4H2,(H,8,9,10);/q;+1. The largest absolute Gasteiger partial charge is 1.00 e. The third-order valence-electron chi connectivity index (χ3n) is 2.05. The number of aliphatic hydroxyl groups excluding tert-OH is 1. The van der Waals surface area contributed by atoms with Crippen LogP contribution in [0.5, 0.6) is 0 Å². The van der Waals surface area contributed by atoms with Crippen LogP contribution in [0.15, 0.2) is 0 Å². The summed E-state index contributed by atoms with van der Waals surface area (Å²) in [5.74, 6) is 0. The first-order valence-corrected chi connectivity index (χ1v) is 5.16. The number of aliphatic hydroxyl groups is 1. The maximum atomic E-state index is 10.6. The Hall–Kier alpha value is 0.870. The summed E-state index contributed by atoms with van der Waals surface area (Å²) in [7, 11) is -4.03. The van der Waals surface area contributed by atoms with Gasteiger partial charge in [0.15, 0.2) is 0 Å². The number of hydrogen-bond donors (Lipinski definition) is 2. The maximum Gasteiger partial charge on any atom is 1.00 e. The molecule has 12 heavy (non-hydrogen) atoms. The van der Waals surface area contributed by atoms with Gasteiger partial charge in [0.05, 0.1) is 6.10 Å². The van der Waals surface area contributed by atoms with Crippen molar-refractivity contribution in [2.75, 3.05) is 0 Å². The van der Waals surface area contributed by atoms with E-state index >= 15 is 0 Å². The average Bonchev–Trinajstić information content (AvgIpc) is 1.86. The molecule has 0 aromatic rings. The van der Waals surface area contributed by atoms with Crippen LogP contribution in [-0.4, -0.2) is 29.4 Å². The fourth-order valence-corrected chi connectivity index (χ4v) is 2.42. The van der Waals surface area contributed by atoms with Crippen molar-refractivity contribution in [2.45, 2.75) is 37.0 Å². The van der Waals surface area contributed by atoms with E-state index in [1.807, 2.05) is 0 Å². The minimum Gasteiger partial charge on any atom is -0.392 e. The van der Waals surface area contributed by atoms with Gasteiger partial charge in [-0.25, -0.2) is 0 Å². The summed E-state index contributed by atoms with van der Waals surface area (Å²) >= 11 is 0. The molecule has 66 valence electrons. The molecule has 0 spiro atoms. The molecule has 0 heterocycles. The Kier molecular flexibility index (Phi) is 5.29. The van der Waals surface area contributed by atoms with Gasteiger partial charge in [-0.05, 0) is 12.8 Å². The second-order valence-electron chi connectivity index (χ2n) is 2.91. The van der Waals surface area contributed by atoms with Crippen LogP contribution >= 0.6 is 0 Å². The minimum absolute atomic E-state index is 0. The van der Waals surface area contributed by atoms with Crippen molar-refractivity contribution >= 4 is 10.1 Å². The van der Waals surface area contributed by atoms with E-state index in [1.54, 1.807) is 0 Å². The van der Waals surface area contributed by atoms with Crippen molar-refractivity contribution in [1.29, 1.82) is 0 Å². The SMILES string of the molecule is O=S(=O)(O)C1CCCCC1O.[Na+]. The summed E-state index contributed by atoms with van der Waals surface area (Å²) in [6.07, 6.45) is 1.58. The summed E-state index contributed by atoms with van der Waals surface area (Å²) in [4.78, 5) is 0. The molecule has 4 nitrogen and oxygen atoms in total. The summed E-state index contributed by atoms with van der Waals surface area (Å²) in [6, 6.07) is 0. The predicted octanol–water partition coefficient (Wildman–Crippen LogP) is -2.82. The first kappa shape index (κ1) is 12.9. The quantitative estimate of drug-likeness (QED) is 0.356. The van der Waals surface area contributed by atoms with Crippen molar-refractivity contribution in [3.8, 4) is 0 Å². The van der Waals surface area contributed by atoms with E-state index in [0.717, 1.165) is 12.8 Å². The summed E-state index contributed by atoms with van der Waals surface area (Å²) in [5.41, 5.74) is 0. The minimum atomic E-state index is -4.03. The van der Waals surface area contributed by atoms with Crippen LogP contribution in [0.2, 0.25) is 0 Å². The van der Waals surface area contributed by atoms with Gasteiger partial charge in [-0.2, -0.15) is 8.42 Å². The zero-order chi connectivity index (χ0) is 8.48. The van der Waals surface area contributed by atoms with Gasteiger partial charge in [-0.15, -0.1) is 0 Å². The van der Waals surface area contributed by atoms with Crippen molar-refractivity contribution in [3.05, 3.63) is 0 Å². The number of hydrogen-bond acceptors (Lipinski definition) is 3. The first-order chi connectivity index (χ1) is 5.02. The van der Waals surface area contributed by atoms with Crippen LogP contribution in [0.4, 0.5) is 0 Å². The molecule has 2 N–H and O–H groups in total.